The molecular formula is C14H19N5O. The standard InChI is InChI=1S/C14H19N5O/c1-4-20-14(12-15-5-6-18(12)3)9-19(10-14)13-16-7-11(2)8-17-13/h5-8H,4,9-10H2,1-3H3. The summed E-state index contributed by atoms with van der Waals surface area (Å²) in [5, 5.41) is 0. The van der Waals surface area contributed by atoms with Crippen molar-refractivity contribution in [2.45, 2.75) is 19.4 Å². The quantitative estimate of drug-likeness (QED) is 0.839. The monoisotopic (exact) mass is 273 g/mol. The SMILES string of the molecule is CCOC1(c2nccn2C)CN(c2ncc(C)cn2)C1. The molecular weight excluding hydrogens is 254 g/mol. The van der Waals surface area contributed by atoms with Gasteiger partial charge in [-0.2, -0.15) is 0 Å². The third kappa shape index (κ3) is 2.06. The first-order valence-corrected chi connectivity index (χ1v) is 6.80. The van der Waals surface area contributed by atoms with Crippen LogP contribution < -0.4 is 4.90 Å². The molecule has 0 saturated carbocycles. The van der Waals surface area contributed by atoms with Gasteiger partial charge in [0.15, 0.2) is 5.60 Å². The number of aromatic nitrogens is 4. The second kappa shape index (κ2) is 4.86. The molecule has 1 aliphatic rings. The zero-order chi connectivity index (χ0) is 14.2. The molecule has 0 amide bonds. The van der Waals surface area contributed by atoms with Gasteiger partial charge in [0.1, 0.15) is 5.82 Å². The van der Waals surface area contributed by atoms with Crippen molar-refractivity contribution in [1.82, 2.24) is 19.5 Å². The van der Waals surface area contributed by atoms with Crippen LogP contribution in [-0.2, 0) is 17.4 Å². The number of anilines is 1. The number of hydrogen-bond donors (Lipinski definition) is 0. The second-order valence-corrected chi connectivity index (χ2v) is 5.21. The number of ether oxygens (including phenoxy) is 1. The molecule has 1 fully saturated rings. The Kier molecular flexibility index (Phi) is 3.17. The summed E-state index contributed by atoms with van der Waals surface area (Å²) in [6.45, 7) is 6.12. The van der Waals surface area contributed by atoms with E-state index in [0.29, 0.717) is 6.61 Å². The highest BCUT2D eigenvalue weighted by Crippen LogP contribution is 2.36. The van der Waals surface area contributed by atoms with Gasteiger partial charge in [-0.1, -0.05) is 0 Å². The molecule has 2 aromatic heterocycles. The second-order valence-electron chi connectivity index (χ2n) is 5.21. The van der Waals surface area contributed by atoms with Gasteiger partial charge in [-0.25, -0.2) is 15.0 Å². The Morgan fingerprint density at radius 2 is 1.95 bits per heavy atom. The van der Waals surface area contributed by atoms with Crippen LogP contribution in [0.4, 0.5) is 5.95 Å². The maximum atomic E-state index is 5.99. The Morgan fingerprint density at radius 1 is 1.25 bits per heavy atom. The van der Waals surface area contributed by atoms with E-state index in [4.69, 9.17) is 4.74 Å². The molecule has 3 heterocycles. The van der Waals surface area contributed by atoms with E-state index < -0.39 is 0 Å². The van der Waals surface area contributed by atoms with Gasteiger partial charge < -0.3 is 14.2 Å². The smallest absolute Gasteiger partial charge is 0.225 e. The molecule has 0 spiro atoms. The van der Waals surface area contributed by atoms with Crippen molar-refractivity contribution in [3.05, 3.63) is 36.2 Å². The summed E-state index contributed by atoms with van der Waals surface area (Å²) in [7, 11) is 1.99. The maximum absolute atomic E-state index is 5.99. The summed E-state index contributed by atoms with van der Waals surface area (Å²) in [4.78, 5) is 15.3. The molecule has 6 heteroatoms. The first kappa shape index (κ1) is 13.1. The van der Waals surface area contributed by atoms with Crippen molar-refractivity contribution >= 4 is 5.95 Å². The number of hydrogen-bond acceptors (Lipinski definition) is 5. The Balaban J connectivity index is 1.81. The van der Waals surface area contributed by atoms with Crippen LogP contribution in [0.5, 0.6) is 0 Å². The van der Waals surface area contributed by atoms with Crippen molar-refractivity contribution in [3.8, 4) is 0 Å². The van der Waals surface area contributed by atoms with Gasteiger partial charge in [0.25, 0.3) is 0 Å². The lowest BCUT2D eigenvalue weighted by atomic mass is 9.93. The van der Waals surface area contributed by atoms with Crippen LogP contribution in [0, 0.1) is 6.92 Å². The Bertz CT molecular complexity index is 586. The zero-order valence-electron chi connectivity index (χ0n) is 12.1. The molecule has 20 heavy (non-hydrogen) atoms. The van der Waals surface area contributed by atoms with Gasteiger partial charge in [0, 0.05) is 38.4 Å². The maximum Gasteiger partial charge on any atom is 0.225 e. The third-order valence-corrected chi connectivity index (χ3v) is 3.59. The highest BCUT2D eigenvalue weighted by atomic mass is 16.5. The average molecular weight is 273 g/mol. The van der Waals surface area contributed by atoms with Crippen molar-refractivity contribution in [2.24, 2.45) is 7.05 Å². The first-order valence-electron chi connectivity index (χ1n) is 6.80. The van der Waals surface area contributed by atoms with Crippen molar-refractivity contribution in [3.63, 3.8) is 0 Å². The van der Waals surface area contributed by atoms with E-state index in [1.165, 1.54) is 0 Å². The van der Waals surface area contributed by atoms with Crippen molar-refractivity contribution < 1.29 is 4.74 Å². The minimum absolute atomic E-state index is 0.346. The van der Waals surface area contributed by atoms with E-state index in [1.807, 2.05) is 44.1 Å². The highest BCUT2D eigenvalue weighted by Gasteiger charge is 2.49. The van der Waals surface area contributed by atoms with Crippen LogP contribution in [0.2, 0.25) is 0 Å². The molecule has 1 aliphatic heterocycles. The fraction of sp³-hybridized carbons (Fsp3) is 0.500. The van der Waals surface area contributed by atoms with E-state index in [9.17, 15) is 0 Å². The van der Waals surface area contributed by atoms with Gasteiger partial charge in [0.05, 0.1) is 13.1 Å². The number of rotatable bonds is 4. The summed E-state index contributed by atoms with van der Waals surface area (Å²) < 4.78 is 8.00. The summed E-state index contributed by atoms with van der Waals surface area (Å²) in [6, 6.07) is 0. The van der Waals surface area contributed by atoms with E-state index in [-0.39, 0.29) is 5.60 Å². The van der Waals surface area contributed by atoms with E-state index >= 15 is 0 Å². The lowest BCUT2D eigenvalue weighted by Gasteiger charge is -2.48. The van der Waals surface area contributed by atoms with E-state index in [2.05, 4.69) is 19.9 Å². The van der Waals surface area contributed by atoms with Crippen LogP contribution in [0.15, 0.2) is 24.8 Å². The fourth-order valence-corrected chi connectivity index (χ4v) is 2.64. The molecule has 0 bridgehead atoms. The summed E-state index contributed by atoms with van der Waals surface area (Å²) >= 11 is 0. The molecule has 0 aliphatic carbocycles. The topological polar surface area (TPSA) is 56.1 Å². The van der Waals surface area contributed by atoms with Crippen molar-refractivity contribution in [2.75, 3.05) is 24.6 Å². The predicted molar refractivity (Wildman–Crippen MR) is 75.5 cm³/mol. The zero-order valence-corrected chi connectivity index (χ0v) is 12.1. The Hall–Kier alpha value is -1.95. The molecule has 2 aromatic rings. The van der Waals surface area contributed by atoms with Gasteiger partial charge in [-0.15, -0.1) is 0 Å². The fourth-order valence-electron chi connectivity index (χ4n) is 2.64. The minimum atomic E-state index is -0.346. The van der Waals surface area contributed by atoms with Crippen LogP contribution in [0.1, 0.15) is 18.3 Å². The molecule has 1 saturated heterocycles. The lowest BCUT2D eigenvalue weighted by molar-refractivity contribution is -0.0736. The van der Waals surface area contributed by atoms with Crippen LogP contribution in [0.3, 0.4) is 0 Å². The van der Waals surface area contributed by atoms with E-state index in [1.54, 1.807) is 6.20 Å². The van der Waals surface area contributed by atoms with Crippen LogP contribution in [0.25, 0.3) is 0 Å². The largest absolute Gasteiger partial charge is 0.364 e. The highest BCUT2D eigenvalue weighted by molar-refractivity contribution is 5.39. The van der Waals surface area contributed by atoms with E-state index in [0.717, 1.165) is 30.4 Å². The van der Waals surface area contributed by atoms with Crippen molar-refractivity contribution in [1.29, 1.82) is 0 Å². The number of aryl methyl sites for hydroxylation is 2. The molecule has 6 nitrogen and oxygen atoms in total. The Labute approximate surface area is 118 Å². The molecule has 0 radical (unpaired) electrons. The predicted octanol–water partition coefficient (Wildman–Crippen LogP) is 1.27. The number of imidazole rings is 1. The van der Waals surface area contributed by atoms with Crippen LogP contribution in [-0.4, -0.2) is 39.2 Å². The summed E-state index contributed by atoms with van der Waals surface area (Å²) in [6.07, 6.45) is 7.43. The van der Waals surface area contributed by atoms with Gasteiger partial charge in [-0.3, -0.25) is 0 Å². The third-order valence-electron chi connectivity index (χ3n) is 3.59. The normalized spacial score (nSPS) is 17.1. The first-order chi connectivity index (χ1) is 9.64. The van der Waals surface area contributed by atoms with Crippen LogP contribution >= 0.6 is 0 Å². The molecule has 0 N–H and O–H groups in total. The van der Waals surface area contributed by atoms with Gasteiger partial charge in [0.2, 0.25) is 5.95 Å². The molecule has 0 atom stereocenters. The lowest BCUT2D eigenvalue weighted by Crippen LogP contribution is -2.62. The number of nitrogens with zero attached hydrogens (tertiary/aromatic N) is 5. The Morgan fingerprint density at radius 3 is 2.50 bits per heavy atom. The molecule has 106 valence electrons. The summed E-state index contributed by atoms with van der Waals surface area (Å²) in [5.74, 6) is 1.71. The molecule has 3 rings (SSSR count). The molecule has 0 aromatic carbocycles. The van der Waals surface area contributed by atoms with Gasteiger partial charge >= 0.3 is 0 Å². The minimum Gasteiger partial charge on any atom is -0.364 e. The van der Waals surface area contributed by atoms with Gasteiger partial charge in [-0.05, 0) is 19.4 Å². The summed E-state index contributed by atoms with van der Waals surface area (Å²) in [5.41, 5.74) is 0.718. The average Bonchev–Trinajstić information content (AvgIpc) is 2.81. The molecule has 0 unspecified atom stereocenters.